The molecule has 41 heavy (non-hydrogen) atoms. The molecule has 3 aromatic rings. The second-order valence-corrected chi connectivity index (χ2v) is 10.1. The zero-order valence-corrected chi connectivity index (χ0v) is 22.8. The molecule has 3 N–H and O–H groups in total. The number of ether oxygens (including phenoxy) is 2. The maximum Gasteiger partial charge on any atom is 0.251 e. The van der Waals surface area contributed by atoms with Crippen molar-refractivity contribution in [2.45, 2.75) is 38.1 Å². The summed E-state index contributed by atoms with van der Waals surface area (Å²) in [5.41, 5.74) is 2.86. The summed E-state index contributed by atoms with van der Waals surface area (Å²) in [6.45, 7) is 4.43. The Kier molecular flexibility index (Phi) is 8.88. The third kappa shape index (κ3) is 6.89. The van der Waals surface area contributed by atoms with Crippen LogP contribution in [0.2, 0.25) is 0 Å². The molecule has 1 aromatic heterocycles. The van der Waals surface area contributed by atoms with Crippen molar-refractivity contribution in [3.8, 4) is 23.2 Å². The number of amides is 1. The fraction of sp³-hybridized carbons (Fsp3) is 0.414. The van der Waals surface area contributed by atoms with Gasteiger partial charge in [0, 0.05) is 56.0 Å². The predicted molar refractivity (Wildman–Crippen MR) is 151 cm³/mol. The van der Waals surface area contributed by atoms with Crippen LogP contribution in [0, 0.1) is 11.3 Å². The minimum Gasteiger partial charge on any atom is -0.489 e. The van der Waals surface area contributed by atoms with Crippen molar-refractivity contribution in [3.05, 3.63) is 54.4 Å². The summed E-state index contributed by atoms with van der Waals surface area (Å²) >= 11 is 0. The van der Waals surface area contributed by atoms with Crippen molar-refractivity contribution in [1.82, 2.24) is 19.9 Å². The molecule has 5 rings (SSSR count). The van der Waals surface area contributed by atoms with E-state index in [1.165, 1.54) is 13.3 Å². The van der Waals surface area contributed by atoms with Gasteiger partial charge < -0.3 is 34.8 Å². The van der Waals surface area contributed by atoms with Gasteiger partial charge in [0.2, 0.25) is 5.95 Å². The maximum atomic E-state index is 12.0. The van der Waals surface area contributed by atoms with E-state index in [1.54, 1.807) is 23.1 Å². The Balaban J connectivity index is 1.22. The van der Waals surface area contributed by atoms with E-state index in [2.05, 4.69) is 31.2 Å². The lowest BCUT2D eigenvalue weighted by atomic mass is 10.1. The zero-order valence-electron chi connectivity index (χ0n) is 22.8. The SMILES string of the molecule is CC(O)C(=O)N1CCC(Oc2ccc(-c3ncnc(Nc4ccc(N5CCO[C@@H](CO)C5)cc4)n3)cc2C#N)CC1. The molecular formula is C29H33N7O5. The quantitative estimate of drug-likeness (QED) is 0.371. The summed E-state index contributed by atoms with van der Waals surface area (Å²) in [7, 11) is 0. The first-order chi connectivity index (χ1) is 19.9. The van der Waals surface area contributed by atoms with Gasteiger partial charge in [-0.25, -0.2) is 9.97 Å². The molecule has 2 aliphatic rings. The average Bonchev–Trinajstić information content (AvgIpc) is 3.01. The van der Waals surface area contributed by atoms with E-state index < -0.39 is 6.10 Å². The molecule has 2 aromatic carbocycles. The van der Waals surface area contributed by atoms with Crippen LogP contribution in [0.3, 0.4) is 0 Å². The number of aromatic nitrogens is 3. The predicted octanol–water partition coefficient (Wildman–Crippen LogP) is 2.10. The number of carbonyl (C=O) groups is 1. The molecule has 2 fully saturated rings. The number of aliphatic hydroxyl groups is 2. The van der Waals surface area contributed by atoms with E-state index in [1.807, 2.05) is 24.3 Å². The Bertz CT molecular complexity index is 1390. The van der Waals surface area contributed by atoms with Crippen LogP contribution in [0.4, 0.5) is 17.3 Å². The van der Waals surface area contributed by atoms with Crippen molar-refractivity contribution >= 4 is 23.2 Å². The topological polar surface area (TPSA) is 157 Å². The van der Waals surface area contributed by atoms with Crippen LogP contribution in [0.5, 0.6) is 5.75 Å². The normalized spacial score (nSPS) is 18.4. The molecule has 1 unspecified atom stereocenters. The van der Waals surface area contributed by atoms with Crippen molar-refractivity contribution in [3.63, 3.8) is 0 Å². The van der Waals surface area contributed by atoms with Gasteiger partial charge >= 0.3 is 0 Å². The van der Waals surface area contributed by atoms with Gasteiger partial charge in [0.25, 0.3) is 5.91 Å². The van der Waals surface area contributed by atoms with Gasteiger partial charge in [0.15, 0.2) is 5.82 Å². The van der Waals surface area contributed by atoms with Crippen LogP contribution in [-0.4, -0.2) is 93.7 Å². The molecule has 2 aliphatic heterocycles. The minimum absolute atomic E-state index is 0.00240. The van der Waals surface area contributed by atoms with E-state index >= 15 is 0 Å². The number of nitrogens with one attached hydrogen (secondary N) is 1. The van der Waals surface area contributed by atoms with Crippen molar-refractivity contribution in [1.29, 1.82) is 5.26 Å². The van der Waals surface area contributed by atoms with Crippen molar-refractivity contribution in [2.75, 3.05) is 49.6 Å². The highest BCUT2D eigenvalue weighted by Crippen LogP contribution is 2.28. The molecule has 0 radical (unpaired) electrons. The lowest BCUT2D eigenvalue weighted by Crippen LogP contribution is -2.45. The monoisotopic (exact) mass is 559 g/mol. The summed E-state index contributed by atoms with van der Waals surface area (Å²) in [5.74, 6) is 0.968. The van der Waals surface area contributed by atoms with E-state index in [0.29, 0.717) is 67.7 Å². The Morgan fingerprint density at radius 2 is 1.98 bits per heavy atom. The minimum atomic E-state index is -1.02. The number of benzene rings is 2. The summed E-state index contributed by atoms with van der Waals surface area (Å²) in [6.07, 6.45) is 1.32. The first-order valence-corrected chi connectivity index (χ1v) is 13.6. The van der Waals surface area contributed by atoms with Gasteiger partial charge in [-0.1, -0.05) is 0 Å². The highest BCUT2D eigenvalue weighted by Gasteiger charge is 2.26. The van der Waals surface area contributed by atoms with Gasteiger partial charge in [-0.3, -0.25) is 4.79 Å². The fourth-order valence-corrected chi connectivity index (χ4v) is 4.94. The molecule has 0 aliphatic carbocycles. The van der Waals surface area contributed by atoms with E-state index in [4.69, 9.17) is 9.47 Å². The first-order valence-electron chi connectivity index (χ1n) is 13.6. The third-order valence-corrected chi connectivity index (χ3v) is 7.17. The summed E-state index contributed by atoms with van der Waals surface area (Å²) in [6, 6.07) is 15.3. The number of nitriles is 1. The van der Waals surface area contributed by atoms with E-state index in [-0.39, 0.29) is 24.7 Å². The van der Waals surface area contributed by atoms with Crippen molar-refractivity contribution < 1.29 is 24.5 Å². The fourth-order valence-electron chi connectivity index (χ4n) is 4.94. The molecule has 12 heteroatoms. The van der Waals surface area contributed by atoms with Gasteiger partial charge in [-0.15, -0.1) is 0 Å². The number of hydrogen-bond acceptors (Lipinski definition) is 11. The number of aliphatic hydroxyl groups excluding tert-OH is 2. The molecule has 1 amide bonds. The smallest absolute Gasteiger partial charge is 0.251 e. The number of likely N-dealkylation sites (tertiary alicyclic amines) is 1. The molecule has 2 saturated heterocycles. The highest BCUT2D eigenvalue weighted by atomic mass is 16.5. The molecule has 3 heterocycles. The van der Waals surface area contributed by atoms with Crippen LogP contribution in [0.25, 0.3) is 11.4 Å². The number of carbonyl (C=O) groups excluding carboxylic acids is 1. The molecule has 0 spiro atoms. The lowest BCUT2D eigenvalue weighted by Gasteiger charge is -2.33. The standard InChI is InChI=1S/C29H33N7O5/c1-19(38)28(39)35-10-8-24(9-11-35)41-26-7-2-20(14-21(26)15-30)27-31-18-32-29(34-27)33-22-3-5-23(6-4-22)36-12-13-40-25(16-36)17-37/h2-7,14,18-19,24-25,37-38H,8-13,16-17H2,1H3,(H,31,32,33,34)/t19?,25-/m1/s1. The second kappa shape index (κ2) is 12.9. The van der Waals surface area contributed by atoms with Crippen LogP contribution >= 0.6 is 0 Å². The Morgan fingerprint density at radius 3 is 2.68 bits per heavy atom. The van der Waals surface area contributed by atoms with Gasteiger partial charge in [0.1, 0.15) is 30.4 Å². The molecule has 0 bridgehead atoms. The Hall–Kier alpha value is -4.31. The maximum absolute atomic E-state index is 12.0. The van der Waals surface area contributed by atoms with Crippen LogP contribution in [0.1, 0.15) is 25.3 Å². The Labute approximate surface area is 238 Å². The average molecular weight is 560 g/mol. The van der Waals surface area contributed by atoms with Crippen molar-refractivity contribution in [2.24, 2.45) is 0 Å². The van der Waals surface area contributed by atoms with Gasteiger partial charge in [0.05, 0.1) is 24.9 Å². The number of rotatable bonds is 8. The molecule has 2 atom stereocenters. The van der Waals surface area contributed by atoms with Gasteiger partial charge in [-0.05, 0) is 49.4 Å². The van der Waals surface area contributed by atoms with E-state index in [9.17, 15) is 20.3 Å². The lowest BCUT2D eigenvalue weighted by molar-refractivity contribution is -0.141. The molecule has 214 valence electrons. The number of anilines is 3. The molecular weight excluding hydrogens is 526 g/mol. The largest absolute Gasteiger partial charge is 0.489 e. The molecule has 0 saturated carbocycles. The Morgan fingerprint density at radius 1 is 1.20 bits per heavy atom. The first kappa shape index (κ1) is 28.2. The van der Waals surface area contributed by atoms with Crippen LogP contribution in [-0.2, 0) is 9.53 Å². The number of morpholine rings is 1. The second-order valence-electron chi connectivity index (χ2n) is 10.1. The van der Waals surface area contributed by atoms with E-state index in [0.717, 1.165) is 17.9 Å². The molecule has 12 nitrogen and oxygen atoms in total. The van der Waals surface area contributed by atoms with Crippen LogP contribution < -0.4 is 15.0 Å². The zero-order chi connectivity index (χ0) is 28.8. The summed E-state index contributed by atoms with van der Waals surface area (Å²) < 4.78 is 11.6. The summed E-state index contributed by atoms with van der Waals surface area (Å²) in [4.78, 5) is 28.9. The van der Waals surface area contributed by atoms with Gasteiger partial charge in [-0.2, -0.15) is 10.2 Å². The summed E-state index contributed by atoms with van der Waals surface area (Å²) in [5, 5.41) is 31.9. The number of piperidine rings is 1. The number of hydrogen-bond donors (Lipinski definition) is 3. The number of nitrogens with zero attached hydrogens (tertiary/aromatic N) is 6. The highest BCUT2D eigenvalue weighted by molar-refractivity contribution is 5.80. The van der Waals surface area contributed by atoms with Crippen LogP contribution in [0.15, 0.2) is 48.8 Å². The third-order valence-electron chi connectivity index (χ3n) is 7.17.